The zero-order chi connectivity index (χ0) is 28.6. The molecule has 0 bridgehead atoms. The van der Waals surface area contributed by atoms with Crippen LogP contribution < -0.4 is 10.6 Å². The van der Waals surface area contributed by atoms with Crippen molar-refractivity contribution in [2.45, 2.75) is 98.9 Å². The standard InChI is InChI=1S/C31H45N3O4/c1-10-21(5)26(33-30(37)38-31(7,8)9)29(36)34(20(3)4)27(24-18-16-23(11-2)17-19-24)28(35)32-25-15-13-12-14-22(25)6/h12-21,26-27H,10-11H2,1-9H3,(H,32,35)(H,33,37). The van der Waals surface area contributed by atoms with E-state index in [1.807, 2.05) is 83.1 Å². The van der Waals surface area contributed by atoms with E-state index in [1.165, 1.54) is 0 Å². The zero-order valence-electron chi connectivity index (χ0n) is 24.4. The second-order valence-corrected chi connectivity index (χ2v) is 11.2. The van der Waals surface area contributed by atoms with E-state index >= 15 is 0 Å². The van der Waals surface area contributed by atoms with Crippen LogP contribution in [0.1, 0.15) is 84.5 Å². The molecule has 7 heteroatoms. The molecule has 0 aliphatic heterocycles. The molecule has 0 spiro atoms. The molecule has 38 heavy (non-hydrogen) atoms. The van der Waals surface area contributed by atoms with Crippen molar-refractivity contribution in [3.8, 4) is 0 Å². The first kappa shape index (κ1) is 30.9. The smallest absolute Gasteiger partial charge is 0.408 e. The number of aryl methyl sites for hydroxylation is 2. The first-order valence-electron chi connectivity index (χ1n) is 13.6. The summed E-state index contributed by atoms with van der Waals surface area (Å²) >= 11 is 0. The van der Waals surface area contributed by atoms with Gasteiger partial charge in [0.1, 0.15) is 17.7 Å². The number of hydrogen-bond acceptors (Lipinski definition) is 4. The Bertz CT molecular complexity index is 1090. The Hall–Kier alpha value is -3.35. The number of hydrogen-bond donors (Lipinski definition) is 2. The fraction of sp³-hybridized carbons (Fsp3) is 0.516. The Kier molecular flexibility index (Phi) is 10.9. The Balaban J connectivity index is 2.55. The molecule has 2 N–H and O–H groups in total. The van der Waals surface area contributed by atoms with E-state index in [9.17, 15) is 14.4 Å². The summed E-state index contributed by atoms with van der Waals surface area (Å²) in [6, 6.07) is 13.2. The van der Waals surface area contributed by atoms with Gasteiger partial charge in [-0.05, 0) is 76.6 Å². The fourth-order valence-corrected chi connectivity index (χ4v) is 4.25. The highest BCUT2D eigenvalue weighted by Gasteiger charge is 2.39. The van der Waals surface area contributed by atoms with Crippen LogP contribution in [0.2, 0.25) is 0 Å². The molecule has 0 heterocycles. The lowest BCUT2D eigenvalue weighted by atomic mass is 9.94. The number of para-hydroxylation sites is 1. The van der Waals surface area contributed by atoms with Gasteiger partial charge in [0, 0.05) is 11.7 Å². The number of alkyl carbamates (subject to hydrolysis) is 1. The number of carbonyl (C=O) groups excluding carboxylic acids is 3. The third kappa shape index (κ3) is 8.33. The van der Waals surface area contributed by atoms with Crippen LogP contribution in [-0.2, 0) is 20.7 Å². The number of amides is 3. The molecule has 3 atom stereocenters. The SMILES string of the molecule is CCc1ccc(C(C(=O)Nc2ccccc2C)N(C(=O)C(NC(=O)OC(C)(C)C)C(C)CC)C(C)C)cc1. The lowest BCUT2D eigenvalue weighted by Gasteiger charge is -2.38. The molecule has 2 aromatic rings. The molecular weight excluding hydrogens is 478 g/mol. The van der Waals surface area contributed by atoms with Crippen LogP contribution in [0, 0.1) is 12.8 Å². The average molecular weight is 524 g/mol. The van der Waals surface area contributed by atoms with Crippen LogP contribution in [0.5, 0.6) is 0 Å². The van der Waals surface area contributed by atoms with E-state index in [-0.39, 0.29) is 23.8 Å². The molecule has 0 saturated heterocycles. The van der Waals surface area contributed by atoms with Crippen LogP contribution in [0.15, 0.2) is 48.5 Å². The van der Waals surface area contributed by atoms with Crippen molar-refractivity contribution in [1.29, 1.82) is 0 Å². The van der Waals surface area contributed by atoms with Crippen molar-refractivity contribution in [3.63, 3.8) is 0 Å². The van der Waals surface area contributed by atoms with E-state index in [0.29, 0.717) is 17.7 Å². The van der Waals surface area contributed by atoms with Gasteiger partial charge in [-0.25, -0.2) is 4.79 Å². The highest BCUT2D eigenvalue weighted by Crippen LogP contribution is 2.29. The summed E-state index contributed by atoms with van der Waals surface area (Å²) in [5.74, 6) is -0.825. The summed E-state index contributed by atoms with van der Waals surface area (Å²) in [6.45, 7) is 17.0. The van der Waals surface area contributed by atoms with Gasteiger partial charge in [-0.3, -0.25) is 9.59 Å². The zero-order valence-corrected chi connectivity index (χ0v) is 24.4. The quantitative estimate of drug-likeness (QED) is 0.376. The second kappa shape index (κ2) is 13.4. The topological polar surface area (TPSA) is 87.7 Å². The highest BCUT2D eigenvalue weighted by atomic mass is 16.6. The van der Waals surface area contributed by atoms with Crippen LogP contribution in [0.3, 0.4) is 0 Å². The lowest BCUT2D eigenvalue weighted by molar-refractivity contribution is -0.144. The summed E-state index contributed by atoms with van der Waals surface area (Å²) in [6.07, 6.45) is 0.861. The summed E-state index contributed by atoms with van der Waals surface area (Å²) in [5, 5.41) is 5.83. The third-order valence-corrected chi connectivity index (χ3v) is 6.60. The lowest BCUT2D eigenvalue weighted by Crippen LogP contribution is -2.56. The summed E-state index contributed by atoms with van der Waals surface area (Å²) in [4.78, 5) is 42.5. The van der Waals surface area contributed by atoms with Crippen molar-refractivity contribution < 1.29 is 19.1 Å². The first-order valence-corrected chi connectivity index (χ1v) is 13.6. The largest absolute Gasteiger partial charge is 0.444 e. The molecular formula is C31H45N3O4. The van der Waals surface area contributed by atoms with Gasteiger partial charge in [-0.15, -0.1) is 0 Å². The van der Waals surface area contributed by atoms with Crippen LogP contribution in [0.25, 0.3) is 0 Å². The predicted molar refractivity (Wildman–Crippen MR) is 153 cm³/mol. The van der Waals surface area contributed by atoms with Gasteiger partial charge in [0.15, 0.2) is 0 Å². The summed E-state index contributed by atoms with van der Waals surface area (Å²) in [5.41, 5.74) is 2.75. The molecule has 3 unspecified atom stereocenters. The number of rotatable bonds is 10. The van der Waals surface area contributed by atoms with Gasteiger partial charge in [0.2, 0.25) is 5.91 Å². The molecule has 2 rings (SSSR count). The molecule has 0 aromatic heterocycles. The molecule has 2 aromatic carbocycles. The molecule has 0 saturated carbocycles. The number of nitrogens with one attached hydrogen (secondary N) is 2. The molecule has 7 nitrogen and oxygen atoms in total. The van der Waals surface area contributed by atoms with Crippen LogP contribution >= 0.6 is 0 Å². The minimum Gasteiger partial charge on any atom is -0.444 e. The summed E-state index contributed by atoms with van der Waals surface area (Å²) in [7, 11) is 0. The normalized spacial score (nSPS) is 13.8. The maximum Gasteiger partial charge on any atom is 0.408 e. The molecule has 3 amide bonds. The number of anilines is 1. The Morgan fingerprint density at radius 3 is 2.05 bits per heavy atom. The average Bonchev–Trinajstić information content (AvgIpc) is 2.85. The number of ether oxygens (including phenoxy) is 1. The van der Waals surface area contributed by atoms with Gasteiger partial charge in [0.05, 0.1) is 0 Å². The summed E-state index contributed by atoms with van der Waals surface area (Å²) < 4.78 is 5.46. The van der Waals surface area contributed by atoms with Gasteiger partial charge < -0.3 is 20.3 Å². The van der Waals surface area contributed by atoms with Gasteiger partial charge >= 0.3 is 6.09 Å². The van der Waals surface area contributed by atoms with Crippen LogP contribution in [0.4, 0.5) is 10.5 Å². The highest BCUT2D eigenvalue weighted by molar-refractivity contribution is 5.99. The first-order chi connectivity index (χ1) is 17.8. The minimum atomic E-state index is -0.903. The maximum absolute atomic E-state index is 14.2. The Labute approximate surface area is 228 Å². The third-order valence-electron chi connectivity index (χ3n) is 6.60. The van der Waals surface area contributed by atoms with Crippen LogP contribution in [-0.4, -0.2) is 40.5 Å². The van der Waals surface area contributed by atoms with Gasteiger partial charge in [0.25, 0.3) is 5.91 Å². The monoisotopic (exact) mass is 523 g/mol. The van der Waals surface area contributed by atoms with Crippen molar-refractivity contribution in [3.05, 3.63) is 65.2 Å². The number of benzene rings is 2. The molecule has 0 radical (unpaired) electrons. The van der Waals surface area contributed by atoms with E-state index in [0.717, 1.165) is 17.5 Å². The van der Waals surface area contributed by atoms with Crippen molar-refractivity contribution in [2.24, 2.45) is 5.92 Å². The molecule has 208 valence electrons. The van der Waals surface area contributed by atoms with Gasteiger partial charge in [-0.2, -0.15) is 0 Å². The molecule has 0 fully saturated rings. The minimum absolute atomic E-state index is 0.182. The maximum atomic E-state index is 14.2. The van der Waals surface area contributed by atoms with Crippen molar-refractivity contribution >= 4 is 23.6 Å². The van der Waals surface area contributed by atoms with Crippen molar-refractivity contribution in [1.82, 2.24) is 10.2 Å². The molecule has 0 aliphatic rings. The van der Waals surface area contributed by atoms with E-state index < -0.39 is 23.8 Å². The van der Waals surface area contributed by atoms with E-state index in [4.69, 9.17) is 4.74 Å². The van der Waals surface area contributed by atoms with Gasteiger partial charge in [-0.1, -0.05) is 69.7 Å². The molecule has 0 aliphatic carbocycles. The second-order valence-electron chi connectivity index (χ2n) is 11.2. The van der Waals surface area contributed by atoms with E-state index in [2.05, 4.69) is 17.6 Å². The Morgan fingerprint density at radius 2 is 1.55 bits per heavy atom. The van der Waals surface area contributed by atoms with E-state index in [1.54, 1.807) is 25.7 Å². The number of nitrogens with zero attached hydrogens (tertiary/aromatic N) is 1. The Morgan fingerprint density at radius 1 is 0.947 bits per heavy atom. The predicted octanol–water partition coefficient (Wildman–Crippen LogP) is 6.41. The number of carbonyl (C=O) groups is 3. The van der Waals surface area contributed by atoms with Crippen molar-refractivity contribution in [2.75, 3.05) is 5.32 Å². The fourth-order valence-electron chi connectivity index (χ4n) is 4.25.